The van der Waals surface area contributed by atoms with Crippen LogP contribution in [0.15, 0.2) is 11.4 Å². The van der Waals surface area contributed by atoms with Crippen molar-refractivity contribution >= 4 is 23.3 Å². The molecule has 1 aromatic rings. The van der Waals surface area contributed by atoms with Crippen molar-refractivity contribution in [2.45, 2.75) is 12.8 Å². The molecule has 1 N–H and O–H groups in total. The van der Waals surface area contributed by atoms with E-state index in [1.807, 2.05) is 0 Å². The number of carbonyl (C=O) groups excluding carboxylic acids is 1. The maximum absolute atomic E-state index is 11.0. The molecule has 1 aromatic heterocycles. The summed E-state index contributed by atoms with van der Waals surface area (Å²) in [5, 5.41) is 10.4. The number of thiophene rings is 1. The number of carboxylic acid groups (broad SMARTS) is 1. The van der Waals surface area contributed by atoms with Crippen molar-refractivity contribution in [3.8, 4) is 0 Å². The van der Waals surface area contributed by atoms with Crippen LogP contribution in [0.4, 0.5) is 0 Å². The average Bonchev–Trinajstić information content (AvgIpc) is 2.52. The predicted molar refractivity (Wildman–Crippen MR) is 51.4 cm³/mol. The minimum Gasteiger partial charge on any atom is -0.481 e. The summed E-state index contributed by atoms with van der Waals surface area (Å²) in [6.07, 6.45) is 0.104. The molecule has 4 nitrogen and oxygen atoms in total. The van der Waals surface area contributed by atoms with Gasteiger partial charge in [0.25, 0.3) is 0 Å². The zero-order valence-electron chi connectivity index (χ0n) is 7.65. The van der Waals surface area contributed by atoms with E-state index in [1.165, 1.54) is 18.4 Å². The number of carbonyl (C=O) groups is 2. The summed E-state index contributed by atoms with van der Waals surface area (Å²) in [4.78, 5) is 22.2. The van der Waals surface area contributed by atoms with Gasteiger partial charge in [-0.15, -0.1) is 11.3 Å². The van der Waals surface area contributed by atoms with Crippen LogP contribution in [0.3, 0.4) is 0 Å². The van der Waals surface area contributed by atoms with Crippen LogP contribution in [0.25, 0.3) is 0 Å². The van der Waals surface area contributed by atoms with Crippen molar-refractivity contribution in [3.63, 3.8) is 0 Å². The maximum Gasteiger partial charge on any atom is 0.310 e. The topological polar surface area (TPSA) is 63.6 Å². The molecule has 0 atom stereocenters. The van der Waals surface area contributed by atoms with E-state index < -0.39 is 5.97 Å². The Morgan fingerprint density at radius 3 is 2.79 bits per heavy atom. The van der Waals surface area contributed by atoms with Crippen LogP contribution < -0.4 is 0 Å². The highest BCUT2D eigenvalue weighted by atomic mass is 32.1. The molecule has 0 amide bonds. The second kappa shape index (κ2) is 4.76. The molecule has 0 aliphatic heterocycles. The molecule has 0 fully saturated rings. The Morgan fingerprint density at radius 2 is 2.21 bits per heavy atom. The van der Waals surface area contributed by atoms with E-state index in [9.17, 15) is 9.59 Å². The van der Waals surface area contributed by atoms with E-state index in [0.717, 1.165) is 4.88 Å². The Kier molecular flexibility index (Phi) is 3.64. The van der Waals surface area contributed by atoms with Crippen LogP contribution in [0, 0.1) is 0 Å². The molecule has 1 rings (SSSR count). The van der Waals surface area contributed by atoms with Gasteiger partial charge in [-0.3, -0.25) is 9.59 Å². The summed E-state index contributed by atoms with van der Waals surface area (Å²) >= 11 is 1.37. The van der Waals surface area contributed by atoms with Gasteiger partial charge in [0.05, 0.1) is 20.0 Å². The molecule has 0 aliphatic carbocycles. The van der Waals surface area contributed by atoms with E-state index in [-0.39, 0.29) is 18.8 Å². The predicted octanol–water partition coefficient (Wildman–Crippen LogP) is 1.09. The van der Waals surface area contributed by atoms with E-state index in [0.29, 0.717) is 5.56 Å². The molecule has 0 bridgehead atoms. The lowest BCUT2D eigenvalue weighted by molar-refractivity contribution is -0.140. The zero-order chi connectivity index (χ0) is 10.6. The van der Waals surface area contributed by atoms with Crippen LogP contribution >= 0.6 is 11.3 Å². The van der Waals surface area contributed by atoms with E-state index in [4.69, 9.17) is 5.11 Å². The van der Waals surface area contributed by atoms with Crippen LogP contribution in [0.5, 0.6) is 0 Å². The second-order valence-corrected chi connectivity index (χ2v) is 3.69. The lowest BCUT2D eigenvalue weighted by Gasteiger charge is -1.99. The fourth-order valence-corrected chi connectivity index (χ4v) is 1.94. The monoisotopic (exact) mass is 214 g/mol. The van der Waals surface area contributed by atoms with Crippen molar-refractivity contribution in [1.29, 1.82) is 0 Å². The highest BCUT2D eigenvalue weighted by Crippen LogP contribution is 2.18. The minimum absolute atomic E-state index is 0.0458. The average molecular weight is 214 g/mol. The quantitative estimate of drug-likeness (QED) is 0.762. The molecule has 5 heteroatoms. The number of carboxylic acids is 1. The SMILES string of the molecule is COC(=O)Cc1sccc1CC(=O)O. The molecule has 0 aromatic carbocycles. The Balaban J connectivity index is 2.72. The summed E-state index contributed by atoms with van der Waals surface area (Å²) in [5.41, 5.74) is 0.688. The Labute approximate surface area is 85.1 Å². The van der Waals surface area contributed by atoms with Gasteiger partial charge in [-0.2, -0.15) is 0 Å². The molecule has 76 valence electrons. The smallest absolute Gasteiger partial charge is 0.310 e. The van der Waals surface area contributed by atoms with Crippen molar-refractivity contribution in [3.05, 3.63) is 21.9 Å². The fraction of sp³-hybridized carbons (Fsp3) is 0.333. The summed E-state index contributed by atoms with van der Waals surface area (Å²) in [6.45, 7) is 0. The van der Waals surface area contributed by atoms with Gasteiger partial charge in [0.2, 0.25) is 0 Å². The van der Waals surface area contributed by atoms with Gasteiger partial charge in [0.1, 0.15) is 0 Å². The molecule has 0 saturated carbocycles. The first-order chi connectivity index (χ1) is 6.63. The normalized spacial score (nSPS) is 9.79. The van der Waals surface area contributed by atoms with Crippen LogP contribution in [0.1, 0.15) is 10.4 Å². The molecule has 0 saturated heterocycles. The third-order valence-corrected chi connectivity index (χ3v) is 2.68. The lowest BCUT2D eigenvalue weighted by Crippen LogP contribution is -2.07. The number of hydrogen-bond acceptors (Lipinski definition) is 4. The van der Waals surface area contributed by atoms with E-state index >= 15 is 0 Å². The van der Waals surface area contributed by atoms with Crippen molar-refractivity contribution in [2.24, 2.45) is 0 Å². The highest BCUT2D eigenvalue weighted by Gasteiger charge is 2.11. The third kappa shape index (κ3) is 2.85. The van der Waals surface area contributed by atoms with E-state index in [2.05, 4.69) is 4.74 Å². The number of aliphatic carboxylic acids is 1. The van der Waals surface area contributed by atoms with Gasteiger partial charge in [-0.25, -0.2) is 0 Å². The Bertz CT molecular complexity index is 342. The number of methoxy groups -OCH3 is 1. The van der Waals surface area contributed by atoms with Crippen molar-refractivity contribution < 1.29 is 19.4 Å². The van der Waals surface area contributed by atoms with Gasteiger partial charge in [0.15, 0.2) is 0 Å². The van der Waals surface area contributed by atoms with E-state index in [1.54, 1.807) is 11.4 Å². The van der Waals surface area contributed by atoms with Crippen molar-refractivity contribution in [2.75, 3.05) is 7.11 Å². The molecule has 0 unspecified atom stereocenters. The summed E-state index contributed by atoms with van der Waals surface area (Å²) in [5.74, 6) is -1.24. The number of rotatable bonds is 4. The highest BCUT2D eigenvalue weighted by molar-refractivity contribution is 7.10. The number of hydrogen-bond donors (Lipinski definition) is 1. The molecule has 14 heavy (non-hydrogen) atoms. The summed E-state index contributed by atoms with van der Waals surface area (Å²) in [7, 11) is 1.31. The zero-order valence-corrected chi connectivity index (χ0v) is 8.47. The summed E-state index contributed by atoms with van der Waals surface area (Å²) < 4.78 is 4.50. The second-order valence-electron chi connectivity index (χ2n) is 2.69. The molecule has 0 aliphatic rings. The minimum atomic E-state index is -0.894. The first kappa shape index (κ1) is 10.7. The molecule has 0 radical (unpaired) electrons. The molecule has 1 heterocycles. The Morgan fingerprint density at radius 1 is 1.50 bits per heavy atom. The molecular weight excluding hydrogens is 204 g/mol. The fourth-order valence-electron chi connectivity index (χ4n) is 1.05. The Hall–Kier alpha value is -1.36. The maximum atomic E-state index is 11.0. The van der Waals surface area contributed by atoms with Crippen LogP contribution in [0.2, 0.25) is 0 Å². The lowest BCUT2D eigenvalue weighted by atomic mass is 10.1. The third-order valence-electron chi connectivity index (χ3n) is 1.71. The van der Waals surface area contributed by atoms with Gasteiger partial charge in [-0.1, -0.05) is 0 Å². The van der Waals surface area contributed by atoms with Gasteiger partial charge < -0.3 is 9.84 Å². The van der Waals surface area contributed by atoms with Gasteiger partial charge >= 0.3 is 11.9 Å². The molecule has 0 spiro atoms. The molecular formula is C9H10O4S. The number of esters is 1. The summed E-state index contributed by atoms with van der Waals surface area (Å²) in [6, 6.07) is 1.72. The van der Waals surface area contributed by atoms with Crippen LogP contribution in [-0.4, -0.2) is 24.2 Å². The standard InChI is InChI=1S/C9H10O4S/c1-13-9(12)5-7-6(2-3-14-7)4-8(10)11/h2-3H,4-5H2,1H3,(H,10,11). The van der Waals surface area contributed by atoms with Gasteiger partial charge in [-0.05, 0) is 17.0 Å². The van der Waals surface area contributed by atoms with Crippen molar-refractivity contribution in [1.82, 2.24) is 0 Å². The largest absolute Gasteiger partial charge is 0.481 e. The first-order valence-corrected chi connectivity index (χ1v) is 4.85. The van der Waals surface area contributed by atoms with Crippen LogP contribution in [-0.2, 0) is 27.2 Å². The van der Waals surface area contributed by atoms with Gasteiger partial charge in [0, 0.05) is 4.88 Å². The first-order valence-electron chi connectivity index (χ1n) is 3.97. The number of ether oxygens (including phenoxy) is 1.